The highest BCUT2D eigenvalue weighted by atomic mass is 35.5. The average molecular weight is 244 g/mol. The largest absolute Gasteiger partial charge is 0.451 e. The maximum absolute atomic E-state index is 5.00. The van der Waals surface area contributed by atoms with Crippen LogP contribution >= 0.6 is 12.4 Å². The number of fused-ring (bicyclic) bond motifs is 2. The van der Waals surface area contributed by atoms with Gasteiger partial charge in [-0.3, -0.25) is 4.90 Å². The molecule has 2 saturated heterocycles. The maximum Gasteiger partial charge on any atom is 0.180 e. The Kier molecular flexibility index (Phi) is 3.84. The molecule has 2 unspecified atom stereocenters. The summed E-state index contributed by atoms with van der Waals surface area (Å²) in [5.74, 6) is 0. The van der Waals surface area contributed by atoms with Crippen molar-refractivity contribution in [3.63, 3.8) is 0 Å². The Hall–Kier alpha value is -0.580. The van der Waals surface area contributed by atoms with Crippen molar-refractivity contribution in [3.8, 4) is 0 Å². The molecule has 2 atom stereocenters. The second-order valence-electron chi connectivity index (χ2n) is 4.67. The lowest BCUT2D eigenvalue weighted by atomic mass is 9.94. The van der Waals surface area contributed by atoms with Gasteiger partial charge in [-0.15, -0.1) is 12.4 Å². The van der Waals surface area contributed by atoms with Gasteiger partial charge in [-0.05, 0) is 12.8 Å². The zero-order chi connectivity index (χ0) is 10.1. The smallest absolute Gasteiger partial charge is 0.180 e. The normalized spacial score (nSPS) is 29.8. The summed E-state index contributed by atoms with van der Waals surface area (Å²) in [6.45, 7) is 3.25. The Balaban J connectivity index is 0.000000963. The quantitative estimate of drug-likeness (QED) is 0.853. The minimum Gasteiger partial charge on any atom is -0.451 e. The molecule has 0 spiro atoms. The Bertz CT molecular complexity index is 305. The molecule has 3 heterocycles. The van der Waals surface area contributed by atoms with Crippen LogP contribution in [0.15, 0.2) is 17.1 Å². The van der Waals surface area contributed by atoms with Gasteiger partial charge in [0.2, 0.25) is 0 Å². The molecule has 2 bridgehead atoms. The molecule has 1 aromatic rings. The van der Waals surface area contributed by atoms with Crippen LogP contribution in [0, 0.1) is 0 Å². The summed E-state index contributed by atoms with van der Waals surface area (Å²) in [6, 6.07) is 1.40. The first-order chi connectivity index (χ1) is 7.40. The molecule has 90 valence electrons. The van der Waals surface area contributed by atoms with Crippen LogP contribution in [0.3, 0.4) is 0 Å². The third kappa shape index (κ3) is 2.56. The predicted molar refractivity (Wildman–Crippen MR) is 63.6 cm³/mol. The molecule has 0 aliphatic carbocycles. The Morgan fingerprint density at radius 3 is 2.75 bits per heavy atom. The van der Waals surface area contributed by atoms with Crippen LogP contribution < -0.4 is 5.32 Å². The lowest BCUT2D eigenvalue weighted by molar-refractivity contribution is 0.118. The van der Waals surface area contributed by atoms with Crippen LogP contribution in [0.1, 0.15) is 25.0 Å². The number of aromatic nitrogens is 1. The molecule has 0 radical (unpaired) electrons. The van der Waals surface area contributed by atoms with Crippen LogP contribution in [-0.2, 0) is 6.54 Å². The number of rotatable bonds is 2. The summed E-state index contributed by atoms with van der Waals surface area (Å²) in [5.41, 5.74) is 1.05. The number of halogens is 1. The van der Waals surface area contributed by atoms with Gasteiger partial charge < -0.3 is 9.73 Å². The van der Waals surface area contributed by atoms with E-state index in [2.05, 4.69) is 15.2 Å². The summed E-state index contributed by atoms with van der Waals surface area (Å²) >= 11 is 0. The molecule has 1 aromatic heterocycles. The molecule has 3 rings (SSSR count). The fourth-order valence-corrected chi connectivity index (χ4v) is 2.77. The van der Waals surface area contributed by atoms with Crippen LogP contribution in [0.2, 0.25) is 0 Å². The fourth-order valence-electron chi connectivity index (χ4n) is 2.77. The van der Waals surface area contributed by atoms with Crippen LogP contribution in [0.4, 0.5) is 0 Å². The second kappa shape index (κ2) is 5.17. The first kappa shape index (κ1) is 11.9. The van der Waals surface area contributed by atoms with Gasteiger partial charge in [0.15, 0.2) is 6.39 Å². The first-order valence-corrected chi connectivity index (χ1v) is 5.75. The van der Waals surface area contributed by atoms with Crippen molar-refractivity contribution in [1.82, 2.24) is 15.2 Å². The zero-order valence-electron chi connectivity index (χ0n) is 9.26. The van der Waals surface area contributed by atoms with Gasteiger partial charge in [0.25, 0.3) is 0 Å². The van der Waals surface area contributed by atoms with Crippen molar-refractivity contribution >= 4 is 12.4 Å². The van der Waals surface area contributed by atoms with E-state index in [-0.39, 0.29) is 12.4 Å². The van der Waals surface area contributed by atoms with E-state index < -0.39 is 0 Å². The first-order valence-electron chi connectivity index (χ1n) is 5.75. The lowest BCUT2D eigenvalue weighted by Gasteiger charge is -2.42. The van der Waals surface area contributed by atoms with E-state index in [1.807, 2.05) is 0 Å². The molecule has 2 aliphatic rings. The second-order valence-corrected chi connectivity index (χ2v) is 4.67. The van der Waals surface area contributed by atoms with Gasteiger partial charge in [0.05, 0.1) is 5.69 Å². The van der Waals surface area contributed by atoms with Gasteiger partial charge in [0, 0.05) is 31.7 Å². The molecule has 4 nitrogen and oxygen atoms in total. The number of hydrogen-bond donors (Lipinski definition) is 1. The highest BCUT2D eigenvalue weighted by Gasteiger charge is 2.29. The Morgan fingerprint density at radius 2 is 2.12 bits per heavy atom. The average Bonchev–Trinajstić information content (AvgIpc) is 2.70. The van der Waals surface area contributed by atoms with E-state index in [1.54, 1.807) is 6.26 Å². The van der Waals surface area contributed by atoms with Gasteiger partial charge in [-0.2, -0.15) is 0 Å². The van der Waals surface area contributed by atoms with Crippen LogP contribution in [0.25, 0.3) is 0 Å². The Labute approximate surface area is 102 Å². The summed E-state index contributed by atoms with van der Waals surface area (Å²) < 4.78 is 5.00. The molecule has 16 heavy (non-hydrogen) atoms. The predicted octanol–water partition coefficient (Wildman–Crippen LogP) is 1.42. The van der Waals surface area contributed by atoms with E-state index in [4.69, 9.17) is 4.42 Å². The molecule has 2 aliphatic heterocycles. The molecule has 0 amide bonds. The van der Waals surface area contributed by atoms with Gasteiger partial charge in [-0.25, -0.2) is 4.98 Å². The third-order valence-electron chi connectivity index (χ3n) is 3.40. The highest BCUT2D eigenvalue weighted by Crippen LogP contribution is 2.20. The number of hydrogen-bond acceptors (Lipinski definition) is 4. The molecular weight excluding hydrogens is 226 g/mol. The number of piperidine rings is 1. The van der Waals surface area contributed by atoms with E-state index in [1.165, 1.54) is 25.7 Å². The minimum atomic E-state index is 0. The zero-order valence-corrected chi connectivity index (χ0v) is 10.1. The van der Waals surface area contributed by atoms with E-state index in [0.717, 1.165) is 25.3 Å². The maximum atomic E-state index is 5.00. The third-order valence-corrected chi connectivity index (χ3v) is 3.40. The summed E-state index contributed by atoms with van der Waals surface area (Å²) in [5, 5.41) is 3.68. The van der Waals surface area contributed by atoms with Crippen molar-refractivity contribution in [1.29, 1.82) is 0 Å². The number of nitrogens with zero attached hydrogens (tertiary/aromatic N) is 2. The van der Waals surface area contributed by atoms with Crippen molar-refractivity contribution < 1.29 is 4.42 Å². The number of piperazine rings is 1. The standard InChI is InChI=1S/C11H17N3O.ClH/c1-2-9-4-14(5-10(3-1)13-9)6-11-7-15-8-12-11;/h7-10,13H,1-6H2;1H. The SMILES string of the molecule is Cl.c1nc(CN2CC3CCCC(C2)N3)co1. The summed E-state index contributed by atoms with van der Waals surface area (Å²) in [6.07, 6.45) is 7.30. The van der Waals surface area contributed by atoms with Crippen molar-refractivity contribution in [2.24, 2.45) is 0 Å². The van der Waals surface area contributed by atoms with Crippen LogP contribution in [0.5, 0.6) is 0 Å². The molecule has 0 aromatic carbocycles. The highest BCUT2D eigenvalue weighted by molar-refractivity contribution is 5.85. The van der Waals surface area contributed by atoms with Gasteiger partial charge in [-0.1, -0.05) is 6.42 Å². The van der Waals surface area contributed by atoms with E-state index in [0.29, 0.717) is 12.1 Å². The summed E-state index contributed by atoms with van der Waals surface area (Å²) in [4.78, 5) is 6.66. The molecule has 1 N–H and O–H groups in total. The fraction of sp³-hybridized carbons (Fsp3) is 0.727. The molecule has 5 heteroatoms. The molecular formula is C11H18ClN3O. The monoisotopic (exact) mass is 243 g/mol. The Morgan fingerprint density at radius 1 is 1.38 bits per heavy atom. The van der Waals surface area contributed by atoms with Gasteiger partial charge >= 0.3 is 0 Å². The number of nitrogens with one attached hydrogen (secondary N) is 1. The van der Waals surface area contributed by atoms with E-state index in [9.17, 15) is 0 Å². The van der Waals surface area contributed by atoms with Crippen molar-refractivity contribution in [2.75, 3.05) is 13.1 Å². The van der Waals surface area contributed by atoms with E-state index >= 15 is 0 Å². The topological polar surface area (TPSA) is 41.3 Å². The molecule has 0 saturated carbocycles. The number of oxazole rings is 1. The van der Waals surface area contributed by atoms with Gasteiger partial charge in [0.1, 0.15) is 6.26 Å². The van der Waals surface area contributed by atoms with Crippen molar-refractivity contribution in [2.45, 2.75) is 37.9 Å². The van der Waals surface area contributed by atoms with Crippen LogP contribution in [-0.4, -0.2) is 35.1 Å². The lowest BCUT2D eigenvalue weighted by Crippen LogP contribution is -2.58. The molecule has 2 fully saturated rings. The minimum absolute atomic E-state index is 0. The van der Waals surface area contributed by atoms with Crippen molar-refractivity contribution in [3.05, 3.63) is 18.4 Å². The number of likely N-dealkylation sites (tertiary alicyclic amines) is 1. The summed E-state index contributed by atoms with van der Waals surface area (Å²) in [7, 11) is 0.